The highest BCUT2D eigenvalue weighted by Gasteiger charge is 2.61. The van der Waals surface area contributed by atoms with Crippen LogP contribution >= 0.6 is 0 Å². The van der Waals surface area contributed by atoms with Crippen molar-refractivity contribution in [3.05, 3.63) is 103 Å². The lowest BCUT2D eigenvalue weighted by molar-refractivity contribution is -0.295. The molecule has 0 saturated carbocycles. The van der Waals surface area contributed by atoms with E-state index in [1.807, 2.05) is 62.6 Å². The Morgan fingerprint density at radius 3 is 1.77 bits per heavy atom. The first-order chi connectivity index (χ1) is 53.6. The molecule has 8 heterocycles. The summed E-state index contributed by atoms with van der Waals surface area (Å²) in [6.07, 6.45) is 2.90. The second kappa shape index (κ2) is 39.9. The number of pyridine rings is 1. The zero-order valence-electron chi connectivity index (χ0n) is 70.3. The highest BCUT2D eigenvalue weighted by atomic mass is 19.1. The van der Waals surface area contributed by atoms with E-state index in [0.29, 0.717) is 49.0 Å². The molecule has 115 heavy (non-hydrogen) atoms. The van der Waals surface area contributed by atoms with Crippen LogP contribution in [-0.2, 0) is 87.4 Å². The highest BCUT2D eigenvalue weighted by molar-refractivity contribution is 6.01. The molecule has 0 bridgehead atoms. The number of hydrogen-bond acceptors (Lipinski definition) is 26. The Labute approximate surface area is 676 Å². The predicted octanol–water partition coefficient (Wildman–Crippen LogP) is 11.1. The van der Waals surface area contributed by atoms with Crippen molar-refractivity contribution in [1.82, 2.24) is 38.8 Å². The zero-order valence-corrected chi connectivity index (χ0v) is 70.3. The number of unbranched alkanes of at least 4 members (excludes halogenated alkanes) is 1. The molecule has 0 aliphatic carbocycles. The Kier molecular flexibility index (Phi) is 32.7. The van der Waals surface area contributed by atoms with E-state index in [2.05, 4.69) is 15.0 Å². The normalized spacial score (nSPS) is 35.3. The van der Waals surface area contributed by atoms with Crippen LogP contribution in [0.5, 0.6) is 0 Å². The van der Waals surface area contributed by atoms with Crippen molar-refractivity contribution in [2.24, 2.45) is 41.4 Å². The van der Waals surface area contributed by atoms with Crippen LogP contribution in [-0.4, -0.2) is 248 Å². The number of halogens is 1. The molecule has 0 spiro atoms. The van der Waals surface area contributed by atoms with Gasteiger partial charge in [0, 0.05) is 93.3 Å². The number of hydrogen-bond donors (Lipinski definition) is 1. The van der Waals surface area contributed by atoms with Gasteiger partial charge in [0.05, 0.1) is 65.3 Å². The minimum absolute atomic E-state index is 0. The monoisotopic (exact) mass is 1610 g/mol. The van der Waals surface area contributed by atoms with Crippen LogP contribution in [0.4, 0.5) is 14.0 Å². The molecule has 1 aromatic carbocycles. The highest BCUT2D eigenvalue weighted by Crippen LogP contribution is 2.45. The number of aryl methyl sites for hydroxylation is 1. The molecular formula is C85H125FN8O21. The number of esters is 3. The minimum atomic E-state index is -1.61. The molecule has 0 radical (unpaired) electrons. The van der Waals surface area contributed by atoms with E-state index >= 15 is 0 Å². The molecule has 638 valence electrons. The molecule has 9 rings (SSSR count). The number of methoxy groups -OCH3 is 2. The largest absolute Gasteiger partial charge is 0.458 e. The van der Waals surface area contributed by atoms with Crippen LogP contribution < -0.4 is 0 Å². The third kappa shape index (κ3) is 21.6. The first-order valence-corrected chi connectivity index (χ1v) is 39.7. The van der Waals surface area contributed by atoms with E-state index < -0.39 is 167 Å². The van der Waals surface area contributed by atoms with Gasteiger partial charge in [0.1, 0.15) is 42.3 Å². The zero-order chi connectivity index (χ0) is 84.4. The van der Waals surface area contributed by atoms with Gasteiger partial charge < -0.3 is 76.5 Å². The van der Waals surface area contributed by atoms with Crippen molar-refractivity contribution in [3.63, 3.8) is 0 Å². The topological polar surface area (TPSA) is 334 Å². The van der Waals surface area contributed by atoms with Gasteiger partial charge in [-0.05, 0) is 178 Å². The number of nitrogens with zero attached hydrogens (tertiary/aromatic N) is 8. The standard InChI is InChI=1S/C43H64FN5O10.C41H57N3O11.CH4/c1-12-32-43(8)37(49(41(54)59-43)18-14-13-17-48-22-30(46-23-48)29-15-16-33(44)45-21-29)26(4)34(50)24(2)20-42(7,55-11)38(27(5)35(51)28(6)39(53)57-32)58-40-36(52)31(47(9)10)19-25(3)56-40;1-12-31-40(7,55-39(49)44-19-18-42-23-44)21-24(2)32(45)25(3)22-41(8,50-11)35(27(5)33(46)28(6)36(47)52-31)54-38-34(30(43(9)10)20-26(4)51-38)53-37(48)29-16-14-13-15-17-29;/h15-16,21-28,31-32,36-38,40,52H,12-14,17-20H2,1-11H3;13-19,21,23,25-28,30-31,34-35,38H,12,20,22H2,1-11H3;1H4/b;24-21+;/t24-,25-,26+,27+,28-,31+,32-,36-,37-,38-,40+,42+,43-;25-,26-,27+,28-,30+,31-,34-,35-,38+,40+,41+;/m11./s1. The Balaban J connectivity index is 0.000000316. The maximum atomic E-state index is 14.7. The number of aliphatic hydroxyl groups excluding tert-OH is 1. The summed E-state index contributed by atoms with van der Waals surface area (Å²) in [5.41, 5.74) is -3.70. The van der Waals surface area contributed by atoms with Crippen molar-refractivity contribution >= 4 is 53.2 Å². The molecule has 5 aliphatic rings. The van der Waals surface area contributed by atoms with Crippen molar-refractivity contribution < 1.29 is 105 Å². The van der Waals surface area contributed by atoms with E-state index in [-0.39, 0.29) is 81.1 Å². The Morgan fingerprint density at radius 2 is 1.23 bits per heavy atom. The van der Waals surface area contributed by atoms with Crippen LogP contribution in [0.25, 0.3) is 11.3 Å². The summed E-state index contributed by atoms with van der Waals surface area (Å²) >= 11 is 0. The van der Waals surface area contributed by atoms with E-state index in [1.165, 1.54) is 65.1 Å². The lowest BCUT2D eigenvalue weighted by Crippen LogP contribution is -2.60. The lowest BCUT2D eigenvalue weighted by atomic mass is 9.73. The molecule has 1 N–H and O–H groups in total. The second-order valence-electron chi connectivity index (χ2n) is 32.9. The van der Waals surface area contributed by atoms with Crippen LogP contribution in [0.15, 0.2) is 91.6 Å². The van der Waals surface area contributed by atoms with Gasteiger partial charge in [-0.15, -0.1) is 0 Å². The third-order valence-electron chi connectivity index (χ3n) is 23.8. The first-order valence-electron chi connectivity index (χ1n) is 39.7. The molecule has 30 heteroatoms. The summed E-state index contributed by atoms with van der Waals surface area (Å²) in [6.45, 7) is 28.1. The van der Waals surface area contributed by atoms with E-state index in [1.54, 1.807) is 131 Å². The van der Waals surface area contributed by atoms with Crippen molar-refractivity contribution in [1.29, 1.82) is 0 Å². The molecule has 5 aliphatic heterocycles. The number of ketones is 4. The molecule has 4 aromatic rings. The molecule has 24 atom stereocenters. The summed E-state index contributed by atoms with van der Waals surface area (Å²) in [4.78, 5) is 143. The summed E-state index contributed by atoms with van der Waals surface area (Å²) < 4.78 is 84.9. The molecule has 4 saturated heterocycles. The number of carbonyl (C=O) groups excluding carboxylic acids is 9. The third-order valence-corrected chi connectivity index (χ3v) is 23.8. The van der Waals surface area contributed by atoms with Gasteiger partial charge in [0.2, 0.25) is 5.95 Å². The smallest absolute Gasteiger partial charge is 0.420 e. The fraction of sp³-hybridized carbons (Fsp3) is 0.671. The van der Waals surface area contributed by atoms with Gasteiger partial charge in [0.25, 0.3) is 0 Å². The minimum Gasteiger partial charge on any atom is -0.458 e. The van der Waals surface area contributed by atoms with Gasteiger partial charge in [-0.3, -0.25) is 28.8 Å². The Bertz CT molecular complexity index is 3990. The number of cyclic esters (lactones) is 2. The number of benzene rings is 1. The maximum Gasteiger partial charge on any atom is 0.420 e. The van der Waals surface area contributed by atoms with Crippen LogP contribution in [0.2, 0.25) is 0 Å². The van der Waals surface area contributed by atoms with Gasteiger partial charge >= 0.3 is 30.1 Å². The Hall–Kier alpha value is -8.07. The van der Waals surface area contributed by atoms with Gasteiger partial charge in [0.15, 0.2) is 47.2 Å². The van der Waals surface area contributed by atoms with Gasteiger partial charge in [-0.1, -0.05) is 74.1 Å². The SMILES string of the molecule is C.CC[C@H]1OC(=O)[C@H](C)C(=O)[C@H](C)[C@@H](O[C@@H]2O[C@H](C)C[C@H](N(C)C)[C@H]2O)[C@@](C)(OC)C[C@@H](C)C(=O)[C@H](C)[C@H]2N(CCCCn3cnc(-c4ccc(F)nc4)c3)C(=O)O[C@]12C.CC[C@H]1OC(=O)[C@H](C)C(=O)[C@H](C)[C@@H](O[C@@H]2O[C@H](C)C[C@H](N(C)C)[C@H]2OC(=O)c2ccccc2)[C@@](C)(OC)C[C@@H](C)C(=O)/C(C)=C/[C@]1(C)OC(=O)n1ccnc1. The quantitative estimate of drug-likeness (QED) is 0.0300. The van der Waals surface area contributed by atoms with Crippen molar-refractivity contribution in [2.75, 3.05) is 49.0 Å². The van der Waals surface area contributed by atoms with Gasteiger partial charge in [-0.2, -0.15) is 4.39 Å². The number of fused-ring (bicyclic) bond motifs is 1. The molecule has 1 amide bonds. The van der Waals surface area contributed by atoms with Gasteiger partial charge in [-0.25, -0.2) is 33.9 Å². The van der Waals surface area contributed by atoms with E-state index in [0.717, 1.165) is 4.57 Å². The number of Topliss-reactive ketones (excluding diaryl/α,β-unsaturated/α-hetero) is 4. The average Bonchev–Trinajstić information content (AvgIpc) is 1.62. The fourth-order valence-electron chi connectivity index (χ4n) is 17.1. The molecular weight excluding hydrogens is 1490 g/mol. The number of aliphatic hydroxyl groups is 1. The second-order valence-corrected chi connectivity index (χ2v) is 32.9. The predicted molar refractivity (Wildman–Crippen MR) is 422 cm³/mol. The number of carbonyl (C=O) groups is 9. The summed E-state index contributed by atoms with van der Waals surface area (Å²) in [6, 6.07) is 10.0. The number of likely N-dealkylation sites (N-methyl/N-ethyl adjacent to an activating group) is 2. The summed E-state index contributed by atoms with van der Waals surface area (Å²) in [5.74, 6) is -10.9. The molecule has 4 fully saturated rings. The maximum absolute atomic E-state index is 14.7. The fourth-order valence-corrected chi connectivity index (χ4v) is 17.1. The molecule has 0 unspecified atom stereocenters. The van der Waals surface area contributed by atoms with Crippen molar-refractivity contribution in [3.8, 4) is 11.3 Å². The van der Waals surface area contributed by atoms with Crippen LogP contribution in [0.1, 0.15) is 180 Å². The van der Waals surface area contributed by atoms with Crippen molar-refractivity contribution in [2.45, 2.75) is 278 Å². The number of imidazole rings is 2. The van der Waals surface area contributed by atoms with E-state index in [9.17, 15) is 52.6 Å². The number of amides is 1. The van der Waals surface area contributed by atoms with E-state index in [4.69, 9.17) is 52.1 Å². The molecule has 29 nitrogen and oxygen atoms in total. The van der Waals surface area contributed by atoms with Crippen LogP contribution in [0, 0.1) is 47.4 Å². The lowest BCUT2D eigenvalue weighted by Gasteiger charge is -2.47. The van der Waals surface area contributed by atoms with Crippen LogP contribution in [0.3, 0.4) is 0 Å². The Morgan fingerprint density at radius 1 is 0.678 bits per heavy atom. The summed E-state index contributed by atoms with van der Waals surface area (Å²) in [5, 5.41) is 11.4. The average molecular weight is 1610 g/mol. The number of aromatic nitrogens is 5. The molecule has 3 aromatic heterocycles. The number of allylic oxidation sites excluding steroid dienone is 1. The number of rotatable bonds is 19. The first kappa shape index (κ1) is 94.1. The summed E-state index contributed by atoms with van der Waals surface area (Å²) in [7, 11) is 10.4. The number of ether oxygens (including phenoxy) is 11.